The summed E-state index contributed by atoms with van der Waals surface area (Å²) in [5, 5.41) is 5.64. The molecule has 20 heavy (non-hydrogen) atoms. The number of amides is 2. The number of likely N-dealkylation sites (tertiary alicyclic amines) is 1. The fraction of sp³-hybridized carbons (Fsp3) is 0.538. The van der Waals surface area contributed by atoms with E-state index in [9.17, 15) is 9.59 Å². The minimum absolute atomic E-state index is 0.128. The number of hydrogen-bond acceptors (Lipinski definition) is 6. The standard InChI is InChI=1S/C13H16N2O4S/c1-18-5-4-14-12(16)3-2-10(13(14)17)15-6-9-7-20-8-11(9)19-15/h7-8,10H,2-6H2,1H3. The summed E-state index contributed by atoms with van der Waals surface area (Å²) in [6.45, 7) is 1.26. The van der Waals surface area contributed by atoms with Crippen LogP contribution in [0.15, 0.2) is 10.8 Å². The van der Waals surface area contributed by atoms with Gasteiger partial charge in [-0.2, -0.15) is 0 Å². The Morgan fingerprint density at radius 2 is 2.30 bits per heavy atom. The third-order valence-corrected chi connectivity index (χ3v) is 4.36. The second-order valence-corrected chi connectivity index (χ2v) is 5.60. The number of fused-ring (bicyclic) bond motifs is 1. The number of methoxy groups -OCH3 is 1. The second kappa shape index (κ2) is 5.51. The fourth-order valence-corrected chi connectivity index (χ4v) is 3.25. The number of carbonyl (C=O) groups excluding carboxylic acids is 2. The molecule has 2 amide bonds. The molecule has 3 heterocycles. The average Bonchev–Trinajstić information content (AvgIpc) is 2.99. The van der Waals surface area contributed by atoms with Crippen molar-refractivity contribution in [2.45, 2.75) is 25.4 Å². The molecule has 108 valence electrons. The van der Waals surface area contributed by atoms with E-state index in [0.717, 1.165) is 11.3 Å². The highest BCUT2D eigenvalue weighted by molar-refractivity contribution is 7.08. The summed E-state index contributed by atoms with van der Waals surface area (Å²) in [5.41, 5.74) is 1.10. The van der Waals surface area contributed by atoms with Gasteiger partial charge in [0.1, 0.15) is 6.04 Å². The lowest BCUT2D eigenvalue weighted by Crippen LogP contribution is -2.54. The first-order valence-electron chi connectivity index (χ1n) is 6.53. The Kier molecular flexibility index (Phi) is 3.73. The predicted molar refractivity (Wildman–Crippen MR) is 72.1 cm³/mol. The molecule has 1 aromatic rings. The number of hydroxylamine groups is 2. The van der Waals surface area contributed by atoms with E-state index < -0.39 is 0 Å². The predicted octanol–water partition coefficient (Wildman–Crippen LogP) is 1.02. The van der Waals surface area contributed by atoms with Gasteiger partial charge in [-0.3, -0.25) is 14.5 Å². The minimum atomic E-state index is -0.387. The first kappa shape index (κ1) is 13.5. The summed E-state index contributed by atoms with van der Waals surface area (Å²) in [4.78, 5) is 31.2. The van der Waals surface area contributed by atoms with Crippen molar-refractivity contribution in [3.8, 4) is 5.75 Å². The Bertz CT molecular complexity index is 510. The maximum atomic E-state index is 12.4. The first-order valence-corrected chi connectivity index (χ1v) is 7.48. The van der Waals surface area contributed by atoms with E-state index >= 15 is 0 Å². The molecule has 2 aliphatic rings. The fourth-order valence-electron chi connectivity index (χ4n) is 2.51. The van der Waals surface area contributed by atoms with Crippen LogP contribution in [0.4, 0.5) is 0 Å². The molecule has 3 rings (SSSR count). The maximum Gasteiger partial charge on any atom is 0.250 e. The zero-order valence-electron chi connectivity index (χ0n) is 11.2. The summed E-state index contributed by atoms with van der Waals surface area (Å²) >= 11 is 1.59. The van der Waals surface area contributed by atoms with E-state index in [1.165, 1.54) is 4.90 Å². The summed E-state index contributed by atoms with van der Waals surface area (Å²) in [5.74, 6) is 0.506. The largest absolute Gasteiger partial charge is 0.404 e. The third-order valence-electron chi connectivity index (χ3n) is 3.59. The van der Waals surface area contributed by atoms with Crippen LogP contribution in [0.1, 0.15) is 18.4 Å². The van der Waals surface area contributed by atoms with Crippen LogP contribution in [-0.4, -0.2) is 48.1 Å². The molecule has 0 radical (unpaired) electrons. The second-order valence-electron chi connectivity index (χ2n) is 4.86. The van der Waals surface area contributed by atoms with E-state index in [1.54, 1.807) is 23.5 Å². The minimum Gasteiger partial charge on any atom is -0.404 e. The highest BCUT2D eigenvalue weighted by Gasteiger charge is 2.41. The van der Waals surface area contributed by atoms with Crippen LogP contribution >= 0.6 is 11.3 Å². The van der Waals surface area contributed by atoms with Gasteiger partial charge < -0.3 is 9.57 Å². The molecule has 1 aromatic heterocycles. The first-order chi connectivity index (χ1) is 9.70. The van der Waals surface area contributed by atoms with Gasteiger partial charge in [-0.05, 0) is 11.8 Å². The van der Waals surface area contributed by atoms with Gasteiger partial charge in [-0.25, -0.2) is 0 Å². The number of nitrogens with zero attached hydrogens (tertiary/aromatic N) is 2. The lowest BCUT2D eigenvalue weighted by molar-refractivity contribution is -0.165. The molecular formula is C13H16N2O4S. The van der Waals surface area contributed by atoms with Crippen LogP contribution < -0.4 is 4.84 Å². The van der Waals surface area contributed by atoms with Gasteiger partial charge in [0.05, 0.1) is 19.7 Å². The van der Waals surface area contributed by atoms with Gasteiger partial charge >= 0.3 is 0 Å². The van der Waals surface area contributed by atoms with E-state index in [4.69, 9.17) is 9.57 Å². The number of thiophene rings is 1. The molecule has 0 spiro atoms. The summed E-state index contributed by atoms with van der Waals surface area (Å²) in [6, 6.07) is -0.387. The van der Waals surface area contributed by atoms with Gasteiger partial charge in [0.25, 0.3) is 0 Å². The van der Waals surface area contributed by atoms with Crippen molar-refractivity contribution in [3.05, 3.63) is 16.3 Å². The van der Waals surface area contributed by atoms with E-state index in [-0.39, 0.29) is 17.9 Å². The van der Waals surface area contributed by atoms with Crippen LogP contribution in [0.5, 0.6) is 5.75 Å². The molecule has 6 nitrogen and oxygen atoms in total. The van der Waals surface area contributed by atoms with Crippen molar-refractivity contribution in [1.29, 1.82) is 0 Å². The number of carbonyl (C=O) groups is 2. The van der Waals surface area contributed by atoms with Crippen LogP contribution in [0.2, 0.25) is 0 Å². The number of ether oxygens (including phenoxy) is 1. The summed E-state index contributed by atoms with van der Waals surface area (Å²) < 4.78 is 4.95. The lowest BCUT2D eigenvalue weighted by atomic mass is 10.0. The summed E-state index contributed by atoms with van der Waals surface area (Å²) in [7, 11) is 1.55. The number of hydrogen-bond donors (Lipinski definition) is 0. The van der Waals surface area contributed by atoms with Crippen molar-refractivity contribution in [3.63, 3.8) is 0 Å². The van der Waals surface area contributed by atoms with Gasteiger partial charge in [0, 0.05) is 24.5 Å². The average molecular weight is 296 g/mol. The smallest absolute Gasteiger partial charge is 0.250 e. The molecule has 7 heteroatoms. The van der Waals surface area contributed by atoms with E-state index in [2.05, 4.69) is 0 Å². The van der Waals surface area contributed by atoms with Crippen molar-refractivity contribution in [1.82, 2.24) is 9.96 Å². The Labute approximate surface area is 120 Å². The molecule has 0 N–H and O–H groups in total. The lowest BCUT2D eigenvalue weighted by Gasteiger charge is -2.34. The highest BCUT2D eigenvalue weighted by atomic mass is 32.1. The topological polar surface area (TPSA) is 59.1 Å². The Morgan fingerprint density at radius 3 is 3.05 bits per heavy atom. The Balaban J connectivity index is 1.70. The number of rotatable bonds is 4. The quantitative estimate of drug-likeness (QED) is 0.777. The third kappa shape index (κ3) is 2.32. The molecule has 0 aliphatic carbocycles. The zero-order valence-corrected chi connectivity index (χ0v) is 12.0. The highest BCUT2D eigenvalue weighted by Crippen LogP contribution is 2.34. The van der Waals surface area contributed by atoms with Gasteiger partial charge in [-0.15, -0.1) is 16.4 Å². The summed E-state index contributed by atoms with van der Waals surface area (Å²) in [6.07, 6.45) is 0.877. The maximum absolute atomic E-state index is 12.4. The van der Waals surface area contributed by atoms with Gasteiger partial charge in [-0.1, -0.05) is 0 Å². The Hall–Kier alpha value is -1.44. The van der Waals surface area contributed by atoms with Crippen molar-refractivity contribution in [2.75, 3.05) is 20.3 Å². The van der Waals surface area contributed by atoms with Gasteiger partial charge in [0.15, 0.2) is 5.75 Å². The van der Waals surface area contributed by atoms with Crippen LogP contribution in [-0.2, 0) is 20.9 Å². The number of imide groups is 1. The molecule has 1 atom stereocenters. The van der Waals surface area contributed by atoms with E-state index in [0.29, 0.717) is 32.5 Å². The van der Waals surface area contributed by atoms with E-state index in [1.807, 2.05) is 10.8 Å². The van der Waals surface area contributed by atoms with Crippen molar-refractivity contribution >= 4 is 23.2 Å². The zero-order chi connectivity index (χ0) is 14.1. The number of piperidine rings is 1. The van der Waals surface area contributed by atoms with Crippen LogP contribution in [0.25, 0.3) is 0 Å². The SMILES string of the molecule is COCCN1C(=O)CCC(N2Cc3cscc3O2)C1=O. The normalized spacial score (nSPS) is 23.1. The van der Waals surface area contributed by atoms with Crippen molar-refractivity contribution in [2.24, 2.45) is 0 Å². The molecule has 1 saturated heterocycles. The van der Waals surface area contributed by atoms with Crippen LogP contribution in [0, 0.1) is 0 Å². The molecule has 1 unspecified atom stereocenters. The van der Waals surface area contributed by atoms with Crippen molar-refractivity contribution < 1.29 is 19.2 Å². The Morgan fingerprint density at radius 1 is 1.45 bits per heavy atom. The molecule has 0 aromatic carbocycles. The molecular weight excluding hydrogens is 280 g/mol. The van der Waals surface area contributed by atoms with Gasteiger partial charge in [0.2, 0.25) is 11.8 Å². The monoisotopic (exact) mass is 296 g/mol. The molecule has 0 saturated carbocycles. The van der Waals surface area contributed by atoms with Crippen LogP contribution in [0.3, 0.4) is 0 Å². The molecule has 2 aliphatic heterocycles. The molecule has 0 bridgehead atoms. The molecule has 1 fully saturated rings.